The first-order chi connectivity index (χ1) is 8.75. The molecule has 1 aromatic rings. The molecule has 2 nitrogen and oxygen atoms in total. The molecular weight excluding hydrogens is 264 g/mol. The van der Waals surface area contributed by atoms with Gasteiger partial charge in [-0.05, 0) is 51.9 Å². The molecule has 102 valence electrons. The minimum atomic E-state index is 0.787. The predicted molar refractivity (Wildman–Crippen MR) is 80.5 cm³/mol. The van der Waals surface area contributed by atoms with E-state index in [-0.39, 0.29) is 0 Å². The van der Waals surface area contributed by atoms with E-state index in [2.05, 4.69) is 17.1 Å². The third-order valence-corrected chi connectivity index (χ3v) is 4.94. The van der Waals surface area contributed by atoms with E-state index in [1.165, 1.54) is 43.6 Å². The second-order valence-corrected chi connectivity index (χ2v) is 6.57. The van der Waals surface area contributed by atoms with Gasteiger partial charge in [0.2, 0.25) is 0 Å². The Labute approximate surface area is 119 Å². The van der Waals surface area contributed by atoms with Crippen LogP contribution in [-0.2, 0) is 6.54 Å². The van der Waals surface area contributed by atoms with Gasteiger partial charge in [0.05, 0.1) is 5.02 Å². The molecule has 1 N–H and O–H groups in total. The van der Waals surface area contributed by atoms with Crippen LogP contribution in [0.1, 0.15) is 37.5 Å². The van der Waals surface area contributed by atoms with Gasteiger partial charge in [0.15, 0.2) is 0 Å². The summed E-state index contributed by atoms with van der Waals surface area (Å²) in [5.41, 5.74) is 0. The molecule has 0 amide bonds. The van der Waals surface area contributed by atoms with Crippen molar-refractivity contribution in [3.63, 3.8) is 0 Å². The highest BCUT2D eigenvalue weighted by Crippen LogP contribution is 2.19. The first-order valence-corrected chi connectivity index (χ1v) is 8.19. The monoisotopic (exact) mass is 286 g/mol. The van der Waals surface area contributed by atoms with E-state index in [0.29, 0.717) is 0 Å². The maximum Gasteiger partial charge on any atom is 0.0516 e. The second kappa shape index (κ2) is 7.49. The topological polar surface area (TPSA) is 15.3 Å². The van der Waals surface area contributed by atoms with E-state index in [0.717, 1.165) is 24.2 Å². The summed E-state index contributed by atoms with van der Waals surface area (Å²) >= 11 is 7.63. The van der Waals surface area contributed by atoms with Crippen molar-refractivity contribution in [2.45, 2.75) is 45.2 Å². The summed E-state index contributed by atoms with van der Waals surface area (Å²) in [6, 6.07) is 2.83. The average molecular weight is 287 g/mol. The van der Waals surface area contributed by atoms with E-state index in [1.807, 2.05) is 11.4 Å². The molecule has 1 aliphatic heterocycles. The Bertz CT molecular complexity index is 353. The Morgan fingerprint density at radius 2 is 2.39 bits per heavy atom. The van der Waals surface area contributed by atoms with Crippen molar-refractivity contribution in [2.75, 3.05) is 19.6 Å². The quantitative estimate of drug-likeness (QED) is 0.801. The van der Waals surface area contributed by atoms with Crippen LogP contribution < -0.4 is 5.32 Å². The first-order valence-electron chi connectivity index (χ1n) is 6.93. The Hall–Kier alpha value is -0.0900. The van der Waals surface area contributed by atoms with Crippen LogP contribution in [0.15, 0.2) is 11.4 Å². The van der Waals surface area contributed by atoms with Crippen LogP contribution in [-0.4, -0.2) is 30.6 Å². The molecule has 0 bridgehead atoms. The molecule has 2 heterocycles. The zero-order valence-electron chi connectivity index (χ0n) is 11.1. The molecule has 0 saturated carbocycles. The Kier molecular flexibility index (Phi) is 5.96. The van der Waals surface area contributed by atoms with Crippen LogP contribution >= 0.6 is 22.9 Å². The molecule has 1 fully saturated rings. The smallest absolute Gasteiger partial charge is 0.0516 e. The molecule has 1 saturated heterocycles. The highest BCUT2D eigenvalue weighted by Gasteiger charge is 2.16. The van der Waals surface area contributed by atoms with Crippen molar-refractivity contribution in [1.82, 2.24) is 10.2 Å². The second-order valence-electron chi connectivity index (χ2n) is 5.14. The molecule has 0 radical (unpaired) electrons. The molecular formula is C14H23ClN2S. The zero-order valence-corrected chi connectivity index (χ0v) is 12.7. The minimum Gasteiger partial charge on any atom is -0.312 e. The molecule has 1 aromatic heterocycles. The van der Waals surface area contributed by atoms with E-state index in [4.69, 9.17) is 11.6 Å². The van der Waals surface area contributed by atoms with Crippen LogP contribution in [0.2, 0.25) is 5.02 Å². The molecule has 1 unspecified atom stereocenters. The Morgan fingerprint density at radius 3 is 3.11 bits per heavy atom. The molecule has 0 aromatic carbocycles. The summed E-state index contributed by atoms with van der Waals surface area (Å²) in [5.74, 6) is 0. The predicted octanol–water partition coefficient (Wildman–Crippen LogP) is 3.76. The fourth-order valence-electron chi connectivity index (χ4n) is 2.56. The van der Waals surface area contributed by atoms with Gasteiger partial charge in [-0.2, -0.15) is 0 Å². The standard InChI is InChI=1S/C14H23ClN2S/c1-12-5-2-3-7-17(12)8-4-6-16-10-14-9-13(15)11-18-14/h9,11-12,16H,2-8,10H2,1H3. The third kappa shape index (κ3) is 4.54. The van der Waals surface area contributed by atoms with Crippen LogP contribution in [0.3, 0.4) is 0 Å². The largest absolute Gasteiger partial charge is 0.312 e. The maximum atomic E-state index is 5.89. The van der Waals surface area contributed by atoms with Gasteiger partial charge in [-0.1, -0.05) is 18.0 Å². The lowest BCUT2D eigenvalue weighted by Gasteiger charge is -2.33. The van der Waals surface area contributed by atoms with E-state index < -0.39 is 0 Å². The van der Waals surface area contributed by atoms with Crippen molar-refractivity contribution in [3.8, 4) is 0 Å². The van der Waals surface area contributed by atoms with Gasteiger partial charge >= 0.3 is 0 Å². The molecule has 2 rings (SSSR count). The van der Waals surface area contributed by atoms with Crippen LogP contribution in [0, 0.1) is 0 Å². The number of likely N-dealkylation sites (tertiary alicyclic amines) is 1. The van der Waals surface area contributed by atoms with E-state index in [9.17, 15) is 0 Å². The molecule has 4 heteroatoms. The molecule has 1 aliphatic rings. The molecule has 0 aliphatic carbocycles. The SMILES string of the molecule is CC1CCCCN1CCCNCc1cc(Cl)cs1. The number of thiophene rings is 1. The summed E-state index contributed by atoms with van der Waals surface area (Å²) in [7, 11) is 0. The van der Waals surface area contributed by atoms with Crippen LogP contribution in [0.4, 0.5) is 0 Å². The summed E-state index contributed by atoms with van der Waals surface area (Å²) in [4.78, 5) is 3.96. The Morgan fingerprint density at radius 1 is 1.50 bits per heavy atom. The zero-order chi connectivity index (χ0) is 12.8. The fourth-order valence-corrected chi connectivity index (χ4v) is 3.60. The van der Waals surface area contributed by atoms with Gasteiger partial charge in [-0.15, -0.1) is 11.3 Å². The minimum absolute atomic E-state index is 0.787. The van der Waals surface area contributed by atoms with Crippen molar-refractivity contribution >= 4 is 22.9 Å². The van der Waals surface area contributed by atoms with Crippen LogP contribution in [0.25, 0.3) is 0 Å². The number of halogens is 1. The number of nitrogens with one attached hydrogen (secondary N) is 1. The number of hydrogen-bond donors (Lipinski definition) is 1. The number of piperidine rings is 1. The van der Waals surface area contributed by atoms with Gasteiger partial charge in [0.1, 0.15) is 0 Å². The van der Waals surface area contributed by atoms with E-state index in [1.54, 1.807) is 11.3 Å². The van der Waals surface area contributed by atoms with Gasteiger partial charge in [-0.3, -0.25) is 0 Å². The first kappa shape index (κ1) is 14.3. The van der Waals surface area contributed by atoms with Gasteiger partial charge in [-0.25, -0.2) is 0 Å². The lowest BCUT2D eigenvalue weighted by molar-refractivity contribution is 0.159. The summed E-state index contributed by atoms with van der Waals surface area (Å²) in [5, 5.41) is 6.35. The van der Waals surface area contributed by atoms with Crippen molar-refractivity contribution in [3.05, 3.63) is 21.3 Å². The molecule has 0 spiro atoms. The average Bonchev–Trinajstić information content (AvgIpc) is 2.77. The van der Waals surface area contributed by atoms with Gasteiger partial charge < -0.3 is 10.2 Å². The normalized spacial score (nSPS) is 21.3. The van der Waals surface area contributed by atoms with E-state index >= 15 is 0 Å². The van der Waals surface area contributed by atoms with Crippen molar-refractivity contribution in [2.24, 2.45) is 0 Å². The van der Waals surface area contributed by atoms with Gasteiger partial charge in [0, 0.05) is 22.8 Å². The lowest BCUT2D eigenvalue weighted by Crippen LogP contribution is -2.38. The van der Waals surface area contributed by atoms with Gasteiger partial charge in [0.25, 0.3) is 0 Å². The highest BCUT2D eigenvalue weighted by atomic mass is 35.5. The third-order valence-electron chi connectivity index (χ3n) is 3.66. The maximum absolute atomic E-state index is 5.89. The summed E-state index contributed by atoms with van der Waals surface area (Å²) in [6.07, 6.45) is 5.41. The van der Waals surface area contributed by atoms with Crippen LogP contribution in [0.5, 0.6) is 0 Å². The van der Waals surface area contributed by atoms with Crippen molar-refractivity contribution < 1.29 is 0 Å². The number of hydrogen-bond acceptors (Lipinski definition) is 3. The fraction of sp³-hybridized carbons (Fsp3) is 0.714. The molecule has 18 heavy (non-hydrogen) atoms. The summed E-state index contributed by atoms with van der Waals surface area (Å²) < 4.78 is 0. The number of nitrogens with zero attached hydrogens (tertiary/aromatic N) is 1. The Balaban J connectivity index is 1.55. The lowest BCUT2D eigenvalue weighted by atomic mass is 10.0. The summed E-state index contributed by atoms with van der Waals surface area (Å²) in [6.45, 7) is 6.94. The molecule has 1 atom stereocenters. The number of rotatable bonds is 6. The highest BCUT2D eigenvalue weighted by molar-refractivity contribution is 7.10. The van der Waals surface area contributed by atoms with Crippen molar-refractivity contribution in [1.29, 1.82) is 0 Å².